The fraction of sp³-hybridized carbons (Fsp3) is 0.375. The SMILES string of the molecule is CS(=O)(=O)OC[C@H]1CN(c2cc(F)c(N3C=CC(=O)CC3)cc2F)C(=O)O1. The van der Waals surface area contributed by atoms with Crippen molar-refractivity contribution in [2.75, 3.05) is 35.8 Å². The first-order valence-electron chi connectivity index (χ1n) is 7.93. The number of ketones is 1. The van der Waals surface area contributed by atoms with Crippen molar-refractivity contribution >= 4 is 33.4 Å². The van der Waals surface area contributed by atoms with E-state index in [2.05, 4.69) is 4.18 Å². The van der Waals surface area contributed by atoms with Gasteiger partial charge in [0.2, 0.25) is 0 Å². The van der Waals surface area contributed by atoms with E-state index in [1.165, 1.54) is 17.2 Å². The Kier molecular flexibility index (Phi) is 5.16. The largest absolute Gasteiger partial charge is 0.441 e. The van der Waals surface area contributed by atoms with E-state index in [1.54, 1.807) is 0 Å². The third kappa shape index (κ3) is 4.42. The van der Waals surface area contributed by atoms with Crippen molar-refractivity contribution < 1.29 is 35.7 Å². The Morgan fingerprint density at radius 2 is 1.89 bits per heavy atom. The van der Waals surface area contributed by atoms with Crippen LogP contribution in [-0.4, -0.2) is 52.4 Å². The van der Waals surface area contributed by atoms with Gasteiger partial charge in [0.05, 0.1) is 24.2 Å². The molecule has 1 fully saturated rings. The molecule has 0 spiro atoms. The summed E-state index contributed by atoms with van der Waals surface area (Å²) in [7, 11) is -3.73. The summed E-state index contributed by atoms with van der Waals surface area (Å²) in [6.45, 7) is -0.403. The third-order valence-electron chi connectivity index (χ3n) is 4.00. The standard InChI is InChI=1S/C16H16F2N2O6S/c1-27(23,24)25-9-11-8-20(16(22)26-11)15-7-12(17)14(6-13(15)18)19-4-2-10(21)3-5-19/h2,4,6-7,11H,3,5,8-9H2,1H3/t11-/m1/s1. The van der Waals surface area contributed by atoms with E-state index >= 15 is 0 Å². The number of nitrogens with zero attached hydrogens (tertiary/aromatic N) is 2. The molecular formula is C16H16F2N2O6S. The summed E-state index contributed by atoms with van der Waals surface area (Å²) >= 11 is 0. The van der Waals surface area contributed by atoms with E-state index in [9.17, 15) is 26.8 Å². The van der Waals surface area contributed by atoms with E-state index in [4.69, 9.17) is 4.74 Å². The number of carbonyl (C=O) groups excluding carboxylic acids is 2. The zero-order valence-corrected chi connectivity index (χ0v) is 15.0. The predicted octanol–water partition coefficient (Wildman–Crippen LogP) is 1.56. The lowest BCUT2D eigenvalue weighted by Gasteiger charge is -2.24. The zero-order chi connectivity index (χ0) is 19.8. The Morgan fingerprint density at radius 1 is 1.22 bits per heavy atom. The molecule has 0 N–H and O–H groups in total. The van der Waals surface area contributed by atoms with E-state index in [1.807, 2.05) is 0 Å². The quantitative estimate of drug-likeness (QED) is 0.690. The molecule has 0 bridgehead atoms. The Labute approximate surface area is 154 Å². The number of hydrogen-bond donors (Lipinski definition) is 0. The second kappa shape index (κ2) is 7.24. The van der Waals surface area contributed by atoms with Gasteiger partial charge in [-0.05, 0) is 6.08 Å². The van der Waals surface area contributed by atoms with Crippen LogP contribution < -0.4 is 9.80 Å². The fourth-order valence-corrected chi connectivity index (χ4v) is 3.12. The first-order valence-corrected chi connectivity index (χ1v) is 9.75. The lowest BCUT2D eigenvalue weighted by Crippen LogP contribution is -2.28. The van der Waals surface area contributed by atoms with Crippen LogP contribution in [0, 0.1) is 11.6 Å². The molecule has 1 saturated heterocycles. The maximum atomic E-state index is 14.5. The van der Waals surface area contributed by atoms with Gasteiger partial charge in [-0.15, -0.1) is 0 Å². The lowest BCUT2D eigenvalue weighted by atomic mass is 10.1. The minimum Gasteiger partial charge on any atom is -0.441 e. The molecule has 3 rings (SSSR count). The van der Waals surface area contributed by atoms with Crippen molar-refractivity contribution in [3.8, 4) is 0 Å². The van der Waals surface area contributed by atoms with Gasteiger partial charge in [-0.25, -0.2) is 13.6 Å². The van der Waals surface area contributed by atoms with Crippen LogP contribution in [-0.2, 0) is 23.8 Å². The second-order valence-corrected chi connectivity index (χ2v) is 7.73. The molecule has 27 heavy (non-hydrogen) atoms. The molecule has 2 aliphatic rings. The second-order valence-electron chi connectivity index (χ2n) is 6.09. The summed E-state index contributed by atoms with van der Waals surface area (Å²) in [6.07, 6.45) is 1.79. The van der Waals surface area contributed by atoms with Crippen LogP contribution in [0.2, 0.25) is 0 Å². The van der Waals surface area contributed by atoms with Crippen molar-refractivity contribution in [3.63, 3.8) is 0 Å². The van der Waals surface area contributed by atoms with Crippen LogP contribution in [0.25, 0.3) is 0 Å². The topological polar surface area (TPSA) is 93.2 Å². The normalized spacial score (nSPS) is 20.3. The van der Waals surface area contributed by atoms with Crippen molar-refractivity contribution in [1.29, 1.82) is 0 Å². The molecule has 1 atom stereocenters. The Morgan fingerprint density at radius 3 is 2.52 bits per heavy atom. The highest BCUT2D eigenvalue weighted by Crippen LogP contribution is 2.32. The molecule has 11 heteroatoms. The molecule has 2 heterocycles. The van der Waals surface area contributed by atoms with Crippen LogP contribution >= 0.6 is 0 Å². The highest BCUT2D eigenvalue weighted by molar-refractivity contribution is 7.85. The van der Waals surface area contributed by atoms with E-state index < -0.39 is 40.6 Å². The fourth-order valence-electron chi connectivity index (χ4n) is 2.72. The molecule has 146 valence electrons. The summed E-state index contributed by atoms with van der Waals surface area (Å²) in [5.41, 5.74) is -0.398. The molecule has 2 aliphatic heterocycles. The minimum atomic E-state index is -3.73. The number of allylic oxidation sites excluding steroid dienone is 1. The molecule has 8 nitrogen and oxygen atoms in total. The zero-order valence-electron chi connectivity index (χ0n) is 14.2. The van der Waals surface area contributed by atoms with Crippen molar-refractivity contribution in [2.45, 2.75) is 12.5 Å². The van der Waals surface area contributed by atoms with Gasteiger partial charge in [-0.3, -0.25) is 13.9 Å². The number of halogens is 2. The van der Waals surface area contributed by atoms with Crippen LogP contribution in [0.4, 0.5) is 25.0 Å². The van der Waals surface area contributed by atoms with Crippen molar-refractivity contribution in [3.05, 3.63) is 36.0 Å². The van der Waals surface area contributed by atoms with Gasteiger partial charge in [0.1, 0.15) is 24.3 Å². The summed E-state index contributed by atoms with van der Waals surface area (Å²) in [4.78, 5) is 25.4. The summed E-state index contributed by atoms with van der Waals surface area (Å²) in [5.74, 6) is -1.75. The van der Waals surface area contributed by atoms with Crippen LogP contribution in [0.3, 0.4) is 0 Å². The molecule has 1 aromatic carbocycles. The van der Waals surface area contributed by atoms with Gasteiger partial charge in [0.15, 0.2) is 5.78 Å². The van der Waals surface area contributed by atoms with Gasteiger partial charge < -0.3 is 9.64 Å². The van der Waals surface area contributed by atoms with Gasteiger partial charge in [-0.1, -0.05) is 0 Å². The molecule has 0 aromatic heterocycles. The first-order chi connectivity index (χ1) is 12.6. The third-order valence-corrected chi connectivity index (χ3v) is 4.56. The average molecular weight is 402 g/mol. The van der Waals surface area contributed by atoms with Gasteiger partial charge >= 0.3 is 6.09 Å². The molecular weight excluding hydrogens is 386 g/mol. The summed E-state index contributed by atoms with van der Waals surface area (Å²) < 4.78 is 60.5. The number of hydrogen-bond acceptors (Lipinski definition) is 7. The van der Waals surface area contributed by atoms with Crippen LogP contribution in [0.5, 0.6) is 0 Å². The number of benzene rings is 1. The van der Waals surface area contributed by atoms with Gasteiger partial charge in [-0.2, -0.15) is 8.42 Å². The summed E-state index contributed by atoms with van der Waals surface area (Å²) in [5, 5.41) is 0. The monoisotopic (exact) mass is 402 g/mol. The Hall–Kier alpha value is -2.53. The highest BCUT2D eigenvalue weighted by atomic mass is 32.2. The van der Waals surface area contributed by atoms with Gasteiger partial charge in [0.25, 0.3) is 10.1 Å². The highest BCUT2D eigenvalue weighted by Gasteiger charge is 2.35. The lowest BCUT2D eigenvalue weighted by molar-refractivity contribution is -0.114. The number of ether oxygens (including phenoxy) is 1. The number of rotatable bonds is 5. The van der Waals surface area contributed by atoms with Crippen molar-refractivity contribution in [1.82, 2.24) is 0 Å². The molecule has 0 radical (unpaired) electrons. The summed E-state index contributed by atoms with van der Waals surface area (Å²) in [6, 6.07) is 1.79. The molecule has 0 unspecified atom stereocenters. The Balaban J connectivity index is 1.79. The minimum absolute atomic E-state index is 0.0653. The molecule has 1 amide bonds. The number of carbonyl (C=O) groups is 2. The maximum absolute atomic E-state index is 14.5. The predicted molar refractivity (Wildman–Crippen MR) is 90.9 cm³/mol. The molecule has 0 saturated carbocycles. The van der Waals surface area contributed by atoms with Crippen LogP contribution in [0.15, 0.2) is 24.4 Å². The molecule has 1 aromatic rings. The van der Waals surface area contributed by atoms with Crippen molar-refractivity contribution in [2.24, 2.45) is 0 Å². The average Bonchev–Trinajstić information content (AvgIpc) is 2.96. The number of anilines is 2. The first kappa shape index (κ1) is 19.2. The molecule has 0 aliphatic carbocycles. The Bertz CT molecular complexity index is 918. The smallest absolute Gasteiger partial charge is 0.414 e. The van der Waals surface area contributed by atoms with E-state index in [-0.39, 0.29) is 36.7 Å². The number of cyclic esters (lactones) is 1. The van der Waals surface area contributed by atoms with Crippen LogP contribution in [0.1, 0.15) is 6.42 Å². The van der Waals surface area contributed by atoms with E-state index in [0.717, 1.165) is 23.3 Å². The maximum Gasteiger partial charge on any atom is 0.414 e. The van der Waals surface area contributed by atoms with E-state index in [0.29, 0.717) is 0 Å². The van der Waals surface area contributed by atoms with Gasteiger partial charge in [0, 0.05) is 31.3 Å². The number of amides is 1.